The number of rotatable bonds is 3. The maximum absolute atomic E-state index is 13.7. The van der Waals surface area contributed by atoms with E-state index in [1.165, 1.54) is 30.3 Å². The molecule has 0 aliphatic heterocycles. The van der Waals surface area contributed by atoms with Gasteiger partial charge in [-0.15, -0.1) is 0 Å². The summed E-state index contributed by atoms with van der Waals surface area (Å²) in [5.41, 5.74) is 5.44. The summed E-state index contributed by atoms with van der Waals surface area (Å²) in [4.78, 5) is -0.163. The standard InChI is InChI=1S/C12H9BrClFN2O2S/c13-7-1-3-11(9(15)5-7)17-20(18,19)12-4-2-8(14)6-10(12)16/h1-6,17H,16H2. The SMILES string of the molecule is Nc1cc(Cl)ccc1S(=O)(=O)Nc1ccc(Br)cc1F. The molecule has 8 heteroatoms. The van der Waals surface area contributed by atoms with Crippen molar-refractivity contribution in [1.82, 2.24) is 0 Å². The first-order valence-electron chi connectivity index (χ1n) is 5.32. The van der Waals surface area contributed by atoms with E-state index < -0.39 is 15.8 Å². The Labute approximate surface area is 128 Å². The minimum Gasteiger partial charge on any atom is -0.398 e. The lowest BCUT2D eigenvalue weighted by molar-refractivity contribution is 0.599. The minimum atomic E-state index is -3.99. The van der Waals surface area contributed by atoms with Gasteiger partial charge in [0.15, 0.2) is 0 Å². The van der Waals surface area contributed by atoms with Gasteiger partial charge in [0.2, 0.25) is 0 Å². The zero-order valence-electron chi connectivity index (χ0n) is 9.90. The summed E-state index contributed by atoms with van der Waals surface area (Å²) in [5, 5.41) is 0.316. The normalized spacial score (nSPS) is 11.3. The van der Waals surface area contributed by atoms with Crippen molar-refractivity contribution in [3.05, 3.63) is 51.7 Å². The average Bonchev–Trinajstić information content (AvgIpc) is 2.32. The number of anilines is 2. The maximum atomic E-state index is 13.7. The summed E-state index contributed by atoms with van der Waals surface area (Å²) in [7, 11) is -3.99. The number of halogens is 3. The number of benzene rings is 2. The van der Waals surface area contributed by atoms with Crippen molar-refractivity contribution >= 4 is 48.9 Å². The zero-order valence-corrected chi connectivity index (χ0v) is 13.1. The summed E-state index contributed by atoms with van der Waals surface area (Å²) < 4.78 is 40.6. The molecule has 20 heavy (non-hydrogen) atoms. The third-order valence-electron chi connectivity index (χ3n) is 2.44. The molecule has 3 N–H and O–H groups in total. The molecule has 0 unspecified atom stereocenters. The van der Waals surface area contributed by atoms with Crippen LogP contribution < -0.4 is 10.5 Å². The van der Waals surface area contributed by atoms with Crippen LogP contribution in [0.5, 0.6) is 0 Å². The van der Waals surface area contributed by atoms with Crippen molar-refractivity contribution in [3.8, 4) is 0 Å². The molecular weight excluding hydrogens is 371 g/mol. The number of sulfonamides is 1. The molecule has 106 valence electrons. The molecule has 2 aromatic carbocycles. The van der Waals surface area contributed by atoms with E-state index in [1.54, 1.807) is 0 Å². The number of hydrogen-bond acceptors (Lipinski definition) is 3. The summed E-state index contributed by atoms with van der Waals surface area (Å²) in [6, 6.07) is 7.95. The van der Waals surface area contributed by atoms with Gasteiger partial charge in [0, 0.05) is 9.50 Å². The Bertz CT molecular complexity index is 768. The molecule has 0 aliphatic rings. The van der Waals surface area contributed by atoms with E-state index >= 15 is 0 Å². The fourth-order valence-corrected chi connectivity index (χ4v) is 3.23. The van der Waals surface area contributed by atoms with E-state index in [-0.39, 0.29) is 16.3 Å². The quantitative estimate of drug-likeness (QED) is 0.800. The highest BCUT2D eigenvalue weighted by atomic mass is 79.9. The van der Waals surface area contributed by atoms with Crippen LogP contribution in [0.4, 0.5) is 15.8 Å². The second-order valence-electron chi connectivity index (χ2n) is 3.91. The first kappa shape index (κ1) is 15.1. The minimum absolute atomic E-state index is 0.0116. The summed E-state index contributed by atoms with van der Waals surface area (Å²) in [6.07, 6.45) is 0. The van der Waals surface area contributed by atoms with Gasteiger partial charge in [0.05, 0.1) is 11.4 Å². The largest absolute Gasteiger partial charge is 0.398 e. The molecule has 2 aromatic rings. The fraction of sp³-hybridized carbons (Fsp3) is 0. The van der Waals surface area contributed by atoms with Gasteiger partial charge in [0.25, 0.3) is 10.0 Å². The molecule has 0 saturated carbocycles. The Hall–Kier alpha value is -1.31. The molecule has 0 bridgehead atoms. The van der Waals surface area contributed by atoms with Crippen molar-refractivity contribution in [2.24, 2.45) is 0 Å². The molecule has 0 amide bonds. The third kappa shape index (κ3) is 3.23. The summed E-state index contributed by atoms with van der Waals surface area (Å²) in [6.45, 7) is 0. The molecule has 0 aromatic heterocycles. The highest BCUT2D eigenvalue weighted by Gasteiger charge is 2.19. The van der Waals surface area contributed by atoms with Crippen LogP contribution in [0, 0.1) is 5.82 Å². The Morgan fingerprint density at radius 3 is 2.50 bits per heavy atom. The Morgan fingerprint density at radius 2 is 1.90 bits per heavy atom. The van der Waals surface area contributed by atoms with Crippen molar-refractivity contribution in [2.75, 3.05) is 10.5 Å². The Balaban J connectivity index is 2.41. The molecule has 0 spiro atoms. The number of nitrogens with two attached hydrogens (primary N) is 1. The van der Waals surface area contributed by atoms with Crippen molar-refractivity contribution < 1.29 is 12.8 Å². The average molecular weight is 380 g/mol. The smallest absolute Gasteiger partial charge is 0.264 e. The number of nitrogens with one attached hydrogen (secondary N) is 1. The van der Waals surface area contributed by atoms with Crippen molar-refractivity contribution in [2.45, 2.75) is 4.90 Å². The Kier molecular flexibility index (Phi) is 4.22. The van der Waals surface area contributed by atoms with Crippen LogP contribution in [0.3, 0.4) is 0 Å². The molecule has 0 radical (unpaired) electrons. The number of nitrogen functional groups attached to an aromatic ring is 1. The van der Waals surface area contributed by atoms with E-state index in [1.807, 2.05) is 0 Å². The van der Waals surface area contributed by atoms with Gasteiger partial charge in [-0.25, -0.2) is 12.8 Å². The van der Waals surface area contributed by atoms with Gasteiger partial charge in [-0.1, -0.05) is 27.5 Å². The maximum Gasteiger partial charge on any atom is 0.264 e. The van der Waals surface area contributed by atoms with Gasteiger partial charge in [-0.2, -0.15) is 0 Å². The lowest BCUT2D eigenvalue weighted by Gasteiger charge is -2.11. The lowest BCUT2D eigenvalue weighted by atomic mass is 10.3. The van der Waals surface area contributed by atoms with Crippen LogP contribution >= 0.6 is 27.5 Å². The van der Waals surface area contributed by atoms with Gasteiger partial charge < -0.3 is 5.73 Å². The Morgan fingerprint density at radius 1 is 1.20 bits per heavy atom. The predicted octanol–water partition coefficient (Wildman–Crippen LogP) is 3.62. The monoisotopic (exact) mass is 378 g/mol. The highest BCUT2D eigenvalue weighted by molar-refractivity contribution is 9.10. The van der Waals surface area contributed by atoms with Crippen LogP contribution in [0.1, 0.15) is 0 Å². The van der Waals surface area contributed by atoms with E-state index in [2.05, 4.69) is 20.7 Å². The first-order valence-corrected chi connectivity index (χ1v) is 7.98. The molecule has 0 heterocycles. The van der Waals surface area contributed by atoms with Crippen LogP contribution in [-0.4, -0.2) is 8.42 Å². The van der Waals surface area contributed by atoms with Crippen LogP contribution in [0.15, 0.2) is 45.8 Å². The van der Waals surface area contributed by atoms with E-state index in [0.717, 1.165) is 6.07 Å². The lowest BCUT2D eigenvalue weighted by Crippen LogP contribution is -2.15. The molecule has 0 saturated heterocycles. The summed E-state index contributed by atoms with van der Waals surface area (Å²) in [5.74, 6) is -0.699. The second kappa shape index (κ2) is 5.59. The van der Waals surface area contributed by atoms with E-state index in [0.29, 0.717) is 9.50 Å². The topological polar surface area (TPSA) is 72.2 Å². The molecule has 0 atom stereocenters. The van der Waals surface area contributed by atoms with Crippen LogP contribution in [0.2, 0.25) is 5.02 Å². The fourth-order valence-electron chi connectivity index (χ4n) is 1.54. The van der Waals surface area contributed by atoms with Crippen molar-refractivity contribution in [3.63, 3.8) is 0 Å². The van der Waals surface area contributed by atoms with Crippen LogP contribution in [-0.2, 0) is 10.0 Å². The summed E-state index contributed by atoms with van der Waals surface area (Å²) >= 11 is 8.80. The van der Waals surface area contributed by atoms with Gasteiger partial charge in [-0.3, -0.25) is 4.72 Å². The zero-order chi connectivity index (χ0) is 14.9. The highest BCUT2D eigenvalue weighted by Crippen LogP contribution is 2.26. The van der Waals surface area contributed by atoms with Gasteiger partial charge in [-0.05, 0) is 36.4 Å². The van der Waals surface area contributed by atoms with Crippen LogP contribution in [0.25, 0.3) is 0 Å². The van der Waals surface area contributed by atoms with Crippen molar-refractivity contribution in [1.29, 1.82) is 0 Å². The second-order valence-corrected chi connectivity index (χ2v) is 6.91. The van der Waals surface area contributed by atoms with Gasteiger partial charge >= 0.3 is 0 Å². The molecule has 2 rings (SSSR count). The van der Waals surface area contributed by atoms with E-state index in [9.17, 15) is 12.8 Å². The predicted molar refractivity (Wildman–Crippen MR) is 80.8 cm³/mol. The number of hydrogen-bond donors (Lipinski definition) is 2. The molecule has 4 nitrogen and oxygen atoms in total. The van der Waals surface area contributed by atoms with E-state index in [4.69, 9.17) is 17.3 Å². The molecular formula is C12H9BrClFN2O2S. The molecule has 0 aliphatic carbocycles. The molecule has 0 fully saturated rings. The third-order valence-corrected chi connectivity index (χ3v) is 4.60. The first-order chi connectivity index (χ1) is 9.29. The van der Waals surface area contributed by atoms with Gasteiger partial charge in [0.1, 0.15) is 10.7 Å².